The molecule has 0 radical (unpaired) electrons. The lowest BCUT2D eigenvalue weighted by molar-refractivity contribution is 0.474. The molecule has 4 nitrogen and oxygen atoms in total. The van der Waals surface area contributed by atoms with Crippen molar-refractivity contribution in [2.45, 2.75) is 13.8 Å². The molecule has 0 fully saturated rings. The average Bonchev–Trinajstić information content (AvgIpc) is 2.17. The summed E-state index contributed by atoms with van der Waals surface area (Å²) in [6.07, 6.45) is 3.17. The average molecular weight is 188 g/mol. The highest BCUT2D eigenvalue weighted by Crippen LogP contribution is 2.30. The van der Waals surface area contributed by atoms with E-state index in [0.29, 0.717) is 17.1 Å². The summed E-state index contributed by atoms with van der Waals surface area (Å²) >= 11 is 0. The molecule has 0 aliphatic rings. The quantitative estimate of drug-likeness (QED) is 0.666. The van der Waals surface area contributed by atoms with Crippen molar-refractivity contribution in [3.05, 3.63) is 23.3 Å². The van der Waals surface area contributed by atoms with Gasteiger partial charge in [-0.3, -0.25) is 0 Å². The van der Waals surface area contributed by atoms with Gasteiger partial charge in [-0.1, -0.05) is 6.07 Å². The second kappa shape index (κ2) is 4.15. The van der Waals surface area contributed by atoms with Gasteiger partial charge in [0.05, 0.1) is 0 Å². The van der Waals surface area contributed by atoms with Crippen LogP contribution in [0.4, 0.5) is 0 Å². The normalized spacial score (nSPS) is 8.57. The van der Waals surface area contributed by atoms with Gasteiger partial charge in [0.2, 0.25) is 0 Å². The summed E-state index contributed by atoms with van der Waals surface area (Å²) in [5, 5.41) is 16.8. The van der Waals surface area contributed by atoms with E-state index >= 15 is 0 Å². The zero-order valence-electron chi connectivity index (χ0n) is 7.87. The molecule has 14 heavy (non-hydrogen) atoms. The molecule has 4 heteroatoms. The SMILES string of the molecule is Cc1ccc(OC#N)c(C)c1OC#N. The maximum Gasteiger partial charge on any atom is 0.292 e. The molecule has 0 unspecified atom stereocenters. The molecule has 1 aromatic rings. The lowest BCUT2D eigenvalue weighted by Crippen LogP contribution is -1.93. The van der Waals surface area contributed by atoms with Gasteiger partial charge in [-0.25, -0.2) is 0 Å². The van der Waals surface area contributed by atoms with Crippen LogP contribution in [0.3, 0.4) is 0 Å². The minimum atomic E-state index is 0.406. The number of rotatable bonds is 2. The van der Waals surface area contributed by atoms with Crippen LogP contribution < -0.4 is 9.47 Å². The van der Waals surface area contributed by atoms with Crippen molar-refractivity contribution in [1.82, 2.24) is 0 Å². The van der Waals surface area contributed by atoms with Crippen molar-refractivity contribution in [3.8, 4) is 24.0 Å². The summed E-state index contributed by atoms with van der Waals surface area (Å²) < 4.78 is 9.47. The number of hydrogen-bond donors (Lipinski definition) is 0. The van der Waals surface area contributed by atoms with E-state index in [1.54, 1.807) is 31.6 Å². The van der Waals surface area contributed by atoms with E-state index in [1.165, 1.54) is 0 Å². The van der Waals surface area contributed by atoms with Crippen molar-refractivity contribution in [2.75, 3.05) is 0 Å². The second-order valence-corrected chi connectivity index (χ2v) is 2.72. The summed E-state index contributed by atoms with van der Waals surface area (Å²) in [7, 11) is 0. The number of ether oxygens (including phenoxy) is 2. The molecular weight excluding hydrogens is 180 g/mol. The molecule has 0 atom stereocenters. The van der Waals surface area contributed by atoms with Crippen LogP contribution in [0.1, 0.15) is 11.1 Å². The Hall–Kier alpha value is -2.20. The molecule has 0 aromatic heterocycles. The molecule has 0 aliphatic carbocycles. The predicted molar refractivity (Wildman–Crippen MR) is 48.4 cm³/mol. The zero-order valence-corrected chi connectivity index (χ0v) is 7.87. The van der Waals surface area contributed by atoms with E-state index in [1.807, 2.05) is 6.92 Å². The summed E-state index contributed by atoms with van der Waals surface area (Å²) in [6, 6.07) is 3.39. The van der Waals surface area contributed by atoms with Crippen molar-refractivity contribution in [1.29, 1.82) is 10.5 Å². The van der Waals surface area contributed by atoms with Crippen LogP contribution in [0.25, 0.3) is 0 Å². The Balaban J connectivity index is 3.21. The molecule has 0 bridgehead atoms. The van der Waals surface area contributed by atoms with Crippen LogP contribution in [0.2, 0.25) is 0 Å². The van der Waals surface area contributed by atoms with Gasteiger partial charge in [-0.2, -0.15) is 0 Å². The van der Waals surface area contributed by atoms with E-state index in [4.69, 9.17) is 20.0 Å². The molecule has 0 heterocycles. The zero-order chi connectivity index (χ0) is 10.6. The van der Waals surface area contributed by atoms with E-state index in [-0.39, 0.29) is 0 Å². The van der Waals surface area contributed by atoms with Gasteiger partial charge < -0.3 is 9.47 Å². The minimum absolute atomic E-state index is 0.406. The van der Waals surface area contributed by atoms with E-state index in [9.17, 15) is 0 Å². The molecule has 0 N–H and O–H groups in total. The monoisotopic (exact) mass is 188 g/mol. The predicted octanol–water partition coefficient (Wildman–Crippen LogP) is 2.02. The molecule has 70 valence electrons. The van der Waals surface area contributed by atoms with Gasteiger partial charge in [0, 0.05) is 5.56 Å². The Labute approximate surface area is 81.9 Å². The summed E-state index contributed by atoms with van der Waals surface area (Å²) in [5.74, 6) is 0.851. The van der Waals surface area contributed by atoms with Crippen molar-refractivity contribution in [3.63, 3.8) is 0 Å². The van der Waals surface area contributed by atoms with E-state index < -0.39 is 0 Å². The van der Waals surface area contributed by atoms with Gasteiger partial charge in [0.15, 0.2) is 5.75 Å². The maximum atomic E-state index is 8.41. The Morgan fingerprint density at radius 2 is 1.71 bits per heavy atom. The Morgan fingerprint density at radius 1 is 1.07 bits per heavy atom. The largest absolute Gasteiger partial charge is 0.388 e. The standard InChI is InChI=1S/C10H8N2O2/c1-7-3-4-9(13-5-11)8(2)10(7)14-6-12/h3-4H,1-2H3. The fourth-order valence-electron chi connectivity index (χ4n) is 1.17. The smallest absolute Gasteiger partial charge is 0.292 e. The number of nitriles is 2. The maximum absolute atomic E-state index is 8.41. The molecule has 0 saturated heterocycles. The first-order chi connectivity index (χ1) is 6.70. The van der Waals surface area contributed by atoms with Crippen LogP contribution in [-0.2, 0) is 0 Å². The summed E-state index contributed by atoms with van der Waals surface area (Å²) in [4.78, 5) is 0. The number of aryl methyl sites for hydroxylation is 1. The third kappa shape index (κ3) is 1.75. The fourth-order valence-corrected chi connectivity index (χ4v) is 1.17. The Morgan fingerprint density at radius 3 is 2.29 bits per heavy atom. The highest BCUT2D eigenvalue weighted by Gasteiger charge is 2.09. The number of benzene rings is 1. The van der Waals surface area contributed by atoms with Crippen molar-refractivity contribution < 1.29 is 9.47 Å². The molecule has 1 aromatic carbocycles. The summed E-state index contributed by atoms with van der Waals surface area (Å²) in [5.41, 5.74) is 1.47. The van der Waals surface area contributed by atoms with Crippen molar-refractivity contribution in [2.24, 2.45) is 0 Å². The van der Waals surface area contributed by atoms with Gasteiger partial charge in [-0.15, -0.1) is 10.5 Å². The first-order valence-electron chi connectivity index (χ1n) is 3.92. The lowest BCUT2D eigenvalue weighted by Gasteiger charge is -2.08. The van der Waals surface area contributed by atoms with Crippen LogP contribution in [0.5, 0.6) is 11.5 Å². The number of hydrogen-bond acceptors (Lipinski definition) is 4. The Bertz CT molecular complexity index is 427. The topological polar surface area (TPSA) is 66.0 Å². The highest BCUT2D eigenvalue weighted by molar-refractivity contribution is 5.49. The molecule has 0 amide bonds. The van der Waals surface area contributed by atoms with E-state index in [2.05, 4.69) is 0 Å². The first kappa shape index (κ1) is 9.88. The van der Waals surface area contributed by atoms with E-state index in [0.717, 1.165) is 5.56 Å². The van der Waals surface area contributed by atoms with Gasteiger partial charge in [0.25, 0.3) is 12.5 Å². The highest BCUT2D eigenvalue weighted by atomic mass is 16.5. The second-order valence-electron chi connectivity index (χ2n) is 2.72. The van der Waals surface area contributed by atoms with Crippen LogP contribution in [0.15, 0.2) is 12.1 Å². The Kier molecular flexibility index (Phi) is 2.93. The minimum Gasteiger partial charge on any atom is -0.388 e. The number of nitrogens with zero attached hydrogens (tertiary/aromatic N) is 2. The fraction of sp³-hybridized carbons (Fsp3) is 0.200. The van der Waals surface area contributed by atoms with Crippen LogP contribution in [0, 0.1) is 36.9 Å². The van der Waals surface area contributed by atoms with Gasteiger partial charge in [0.1, 0.15) is 5.75 Å². The summed E-state index contributed by atoms with van der Waals surface area (Å²) in [6.45, 7) is 3.54. The first-order valence-corrected chi connectivity index (χ1v) is 3.92. The molecule has 0 aliphatic heterocycles. The third-order valence-electron chi connectivity index (χ3n) is 1.86. The van der Waals surface area contributed by atoms with Crippen LogP contribution in [-0.4, -0.2) is 0 Å². The lowest BCUT2D eigenvalue weighted by atomic mass is 10.1. The molecule has 0 spiro atoms. The van der Waals surface area contributed by atoms with Crippen molar-refractivity contribution >= 4 is 0 Å². The van der Waals surface area contributed by atoms with Gasteiger partial charge in [-0.05, 0) is 25.5 Å². The molecular formula is C10H8N2O2. The molecule has 1 rings (SSSR count). The molecule has 0 saturated carbocycles. The van der Waals surface area contributed by atoms with Crippen LogP contribution >= 0.6 is 0 Å². The third-order valence-corrected chi connectivity index (χ3v) is 1.86. The van der Waals surface area contributed by atoms with Gasteiger partial charge >= 0.3 is 0 Å².